The van der Waals surface area contributed by atoms with E-state index in [1.54, 1.807) is 0 Å². The van der Waals surface area contributed by atoms with Gasteiger partial charge >= 0.3 is 6.01 Å². The van der Waals surface area contributed by atoms with Gasteiger partial charge in [-0.2, -0.15) is 10.2 Å². The van der Waals surface area contributed by atoms with E-state index in [0.717, 1.165) is 0 Å². The van der Waals surface area contributed by atoms with E-state index in [9.17, 15) is 0 Å². The standard InChI is InChI=1S/C8H5N3OS/c1-2-3-12-8-10-5-6(4-9)7(13)11-8/h1,5H,3H2,(H,10,11,13). The molecule has 0 radical (unpaired) electrons. The molecule has 1 heterocycles. The second-order valence-corrected chi connectivity index (χ2v) is 2.42. The zero-order valence-corrected chi connectivity index (χ0v) is 7.45. The average molecular weight is 191 g/mol. The van der Waals surface area contributed by atoms with Gasteiger partial charge in [0.1, 0.15) is 16.7 Å². The van der Waals surface area contributed by atoms with Gasteiger partial charge in [-0.15, -0.1) is 19.1 Å². The number of ether oxygens (including phenoxy) is 1. The normalized spacial score (nSPS) is 8.54. The summed E-state index contributed by atoms with van der Waals surface area (Å²) in [6, 6.07) is 2.01. The van der Waals surface area contributed by atoms with Crippen LogP contribution in [-0.2, 0) is 0 Å². The molecule has 0 N–H and O–H groups in total. The highest BCUT2D eigenvalue weighted by molar-refractivity contribution is 7.80. The first-order valence-corrected chi connectivity index (χ1v) is 3.75. The smallest absolute Gasteiger partial charge is 0.318 e. The number of nitrogens with zero attached hydrogens (tertiary/aromatic N) is 3. The molecular formula is C8H5N3OS. The van der Waals surface area contributed by atoms with Crippen LogP contribution in [0.2, 0.25) is 0 Å². The summed E-state index contributed by atoms with van der Waals surface area (Å²) in [5, 5.41) is 8.82. The van der Waals surface area contributed by atoms with Crippen LogP contribution in [0.1, 0.15) is 5.56 Å². The van der Waals surface area contributed by atoms with Crippen molar-refractivity contribution in [2.45, 2.75) is 5.03 Å². The molecule has 0 bridgehead atoms. The number of terminal acetylenes is 1. The highest BCUT2D eigenvalue weighted by Crippen LogP contribution is 2.11. The number of nitriles is 1. The second-order valence-electron chi connectivity index (χ2n) is 1.99. The molecular weight excluding hydrogens is 186 g/mol. The maximum atomic E-state index is 8.53. The van der Waals surface area contributed by atoms with Crippen LogP contribution in [0, 0.1) is 23.7 Å². The number of hydrogen-bond donors (Lipinski definition) is 1. The van der Waals surface area contributed by atoms with E-state index in [0.29, 0.717) is 5.56 Å². The van der Waals surface area contributed by atoms with Crippen LogP contribution in [0.3, 0.4) is 0 Å². The van der Waals surface area contributed by atoms with Gasteiger partial charge in [-0.1, -0.05) is 5.92 Å². The zero-order valence-electron chi connectivity index (χ0n) is 6.56. The summed E-state index contributed by atoms with van der Waals surface area (Å²) in [6.45, 7) is 0.0963. The molecule has 0 amide bonds. The lowest BCUT2D eigenvalue weighted by atomic mass is 10.4. The third kappa shape index (κ3) is 2.36. The van der Waals surface area contributed by atoms with E-state index in [-0.39, 0.29) is 17.6 Å². The van der Waals surface area contributed by atoms with Crippen molar-refractivity contribution >= 4 is 12.6 Å². The molecule has 13 heavy (non-hydrogen) atoms. The minimum absolute atomic E-state index is 0.0963. The van der Waals surface area contributed by atoms with Crippen molar-refractivity contribution in [2.75, 3.05) is 6.61 Å². The maximum Gasteiger partial charge on any atom is 0.318 e. The van der Waals surface area contributed by atoms with Crippen LogP contribution in [0.4, 0.5) is 0 Å². The van der Waals surface area contributed by atoms with E-state index in [1.165, 1.54) is 6.20 Å². The van der Waals surface area contributed by atoms with Crippen molar-refractivity contribution in [1.82, 2.24) is 9.97 Å². The van der Waals surface area contributed by atoms with Gasteiger partial charge in [-0.3, -0.25) is 0 Å². The molecule has 1 aromatic heterocycles. The largest absolute Gasteiger partial charge is 0.450 e. The molecule has 0 aliphatic carbocycles. The van der Waals surface area contributed by atoms with Gasteiger partial charge in [0.2, 0.25) is 0 Å². The van der Waals surface area contributed by atoms with Gasteiger partial charge in [0, 0.05) is 0 Å². The molecule has 0 unspecified atom stereocenters. The molecule has 64 valence electrons. The summed E-state index contributed by atoms with van der Waals surface area (Å²) in [5.41, 5.74) is 0.302. The topological polar surface area (TPSA) is 58.8 Å². The van der Waals surface area contributed by atoms with Crippen LogP contribution in [0.5, 0.6) is 6.01 Å². The Morgan fingerprint density at radius 3 is 3.00 bits per heavy atom. The van der Waals surface area contributed by atoms with E-state index in [4.69, 9.17) is 16.4 Å². The van der Waals surface area contributed by atoms with E-state index >= 15 is 0 Å². The monoisotopic (exact) mass is 191 g/mol. The molecule has 0 saturated heterocycles. The minimum atomic E-state index is 0.0963. The lowest BCUT2D eigenvalue weighted by molar-refractivity contribution is 0.336. The predicted molar refractivity (Wildman–Crippen MR) is 48.3 cm³/mol. The van der Waals surface area contributed by atoms with Crippen molar-refractivity contribution in [3.05, 3.63) is 11.8 Å². The van der Waals surface area contributed by atoms with Crippen LogP contribution in [0.25, 0.3) is 0 Å². The lowest BCUT2D eigenvalue weighted by Gasteiger charge is -2.00. The Kier molecular flexibility index (Phi) is 3.13. The minimum Gasteiger partial charge on any atom is -0.450 e. The Morgan fingerprint density at radius 1 is 1.69 bits per heavy atom. The number of rotatable bonds is 2. The lowest BCUT2D eigenvalue weighted by Crippen LogP contribution is -1.99. The van der Waals surface area contributed by atoms with Gasteiger partial charge in [-0.25, -0.2) is 4.98 Å². The molecule has 0 fully saturated rings. The summed E-state index contributed by atoms with van der Waals surface area (Å²) < 4.78 is 4.92. The molecule has 4 nitrogen and oxygen atoms in total. The number of aromatic nitrogens is 2. The fourth-order valence-corrected chi connectivity index (χ4v) is 0.805. The van der Waals surface area contributed by atoms with Gasteiger partial charge in [0.05, 0.1) is 6.20 Å². The third-order valence-electron chi connectivity index (χ3n) is 1.15. The first-order valence-electron chi connectivity index (χ1n) is 3.30. The fourth-order valence-electron chi connectivity index (χ4n) is 0.612. The first kappa shape index (κ1) is 9.37. The predicted octanol–water partition coefficient (Wildman–Crippen LogP) is 0.649. The molecule has 1 aromatic rings. The Balaban J connectivity index is 2.86. The van der Waals surface area contributed by atoms with Gasteiger partial charge in [-0.05, 0) is 0 Å². The highest BCUT2D eigenvalue weighted by atomic mass is 32.1. The Morgan fingerprint density at radius 2 is 2.46 bits per heavy atom. The molecule has 0 spiro atoms. The molecule has 0 aliphatic heterocycles. The Bertz CT molecular complexity index is 391. The molecule has 1 rings (SSSR count). The van der Waals surface area contributed by atoms with Crippen molar-refractivity contribution in [3.8, 4) is 24.4 Å². The zero-order chi connectivity index (χ0) is 9.68. The van der Waals surface area contributed by atoms with Crippen LogP contribution in [-0.4, -0.2) is 16.6 Å². The van der Waals surface area contributed by atoms with Crippen molar-refractivity contribution in [3.63, 3.8) is 0 Å². The Labute approximate surface area is 81.0 Å². The Hall–Kier alpha value is -1.72. The first-order chi connectivity index (χ1) is 6.27. The van der Waals surface area contributed by atoms with Crippen molar-refractivity contribution in [2.24, 2.45) is 0 Å². The molecule has 5 heteroatoms. The van der Waals surface area contributed by atoms with Gasteiger partial charge < -0.3 is 4.74 Å². The van der Waals surface area contributed by atoms with E-state index < -0.39 is 0 Å². The highest BCUT2D eigenvalue weighted by Gasteiger charge is 2.02. The molecule has 0 aromatic carbocycles. The quantitative estimate of drug-likeness (QED) is 0.423. The number of thiol groups is 1. The summed E-state index contributed by atoms with van der Waals surface area (Å²) in [6.07, 6.45) is 6.30. The summed E-state index contributed by atoms with van der Waals surface area (Å²) >= 11 is 3.96. The molecule has 0 atom stereocenters. The summed E-state index contributed by atoms with van der Waals surface area (Å²) in [5.74, 6) is 2.27. The third-order valence-corrected chi connectivity index (χ3v) is 1.49. The second kappa shape index (κ2) is 4.34. The fraction of sp³-hybridized carbons (Fsp3) is 0.125. The molecule has 0 saturated carbocycles. The van der Waals surface area contributed by atoms with Crippen LogP contribution >= 0.6 is 12.6 Å². The van der Waals surface area contributed by atoms with Gasteiger partial charge in [0.25, 0.3) is 0 Å². The summed E-state index contributed by atoms with van der Waals surface area (Å²) in [7, 11) is 0. The van der Waals surface area contributed by atoms with E-state index in [1.807, 2.05) is 6.07 Å². The summed E-state index contributed by atoms with van der Waals surface area (Å²) in [4.78, 5) is 7.54. The molecule has 0 aliphatic rings. The number of hydrogen-bond acceptors (Lipinski definition) is 5. The SMILES string of the molecule is C#CCOc1ncc(C#N)c(S)n1. The average Bonchev–Trinajstić information content (AvgIpc) is 2.15. The van der Waals surface area contributed by atoms with Gasteiger partial charge in [0.15, 0.2) is 6.61 Å². The van der Waals surface area contributed by atoms with Crippen LogP contribution in [0.15, 0.2) is 11.2 Å². The van der Waals surface area contributed by atoms with Crippen molar-refractivity contribution < 1.29 is 4.74 Å². The van der Waals surface area contributed by atoms with Crippen molar-refractivity contribution in [1.29, 1.82) is 5.26 Å². The van der Waals surface area contributed by atoms with E-state index in [2.05, 4.69) is 28.5 Å². The van der Waals surface area contributed by atoms with Crippen LogP contribution < -0.4 is 4.74 Å². The maximum absolute atomic E-state index is 8.53.